The van der Waals surface area contributed by atoms with Crippen molar-refractivity contribution in [3.63, 3.8) is 0 Å². The lowest BCUT2D eigenvalue weighted by Gasteiger charge is -2.06. The third-order valence-electron chi connectivity index (χ3n) is 2.81. The number of carbonyl (C=O) groups is 1. The minimum atomic E-state index is -0.147. The van der Waals surface area contributed by atoms with Crippen molar-refractivity contribution in [2.24, 2.45) is 0 Å². The summed E-state index contributed by atoms with van der Waals surface area (Å²) in [5.41, 5.74) is 1.99. The molecule has 3 nitrogen and oxygen atoms in total. The van der Waals surface area contributed by atoms with Crippen molar-refractivity contribution in [3.05, 3.63) is 59.9 Å². The molecule has 4 heteroatoms. The fraction of sp³-hybridized carbons (Fsp3) is 0.133. The summed E-state index contributed by atoms with van der Waals surface area (Å²) in [4.78, 5) is 11.9. The van der Waals surface area contributed by atoms with Gasteiger partial charge in [-0.15, -0.1) is 0 Å². The molecule has 1 aromatic heterocycles. The van der Waals surface area contributed by atoms with E-state index in [9.17, 15) is 4.79 Å². The Morgan fingerprint density at radius 2 is 2.11 bits per heavy atom. The predicted molar refractivity (Wildman–Crippen MR) is 77.3 cm³/mol. The van der Waals surface area contributed by atoms with E-state index in [1.165, 1.54) is 0 Å². The van der Waals surface area contributed by atoms with Gasteiger partial charge in [0.15, 0.2) is 0 Å². The molecular formula is C15H14ClNO2. The quantitative estimate of drug-likeness (QED) is 0.842. The van der Waals surface area contributed by atoms with E-state index >= 15 is 0 Å². The molecule has 19 heavy (non-hydrogen) atoms. The first-order valence-electron chi connectivity index (χ1n) is 5.86. The topological polar surface area (TPSA) is 42.2 Å². The van der Waals surface area contributed by atoms with Crippen LogP contribution in [0.1, 0.15) is 16.8 Å². The molecule has 2 rings (SSSR count). The summed E-state index contributed by atoms with van der Waals surface area (Å²) in [5, 5.41) is 4.20. The van der Waals surface area contributed by atoms with Crippen LogP contribution in [0.3, 0.4) is 0 Å². The lowest BCUT2D eigenvalue weighted by Crippen LogP contribution is -2.24. The van der Waals surface area contributed by atoms with Crippen molar-refractivity contribution < 1.29 is 9.21 Å². The molecule has 0 bridgehead atoms. The molecule has 0 spiro atoms. The van der Waals surface area contributed by atoms with Gasteiger partial charge in [-0.1, -0.05) is 30.8 Å². The summed E-state index contributed by atoms with van der Waals surface area (Å²) in [7, 11) is 0. The molecule has 0 radical (unpaired) electrons. The van der Waals surface area contributed by atoms with Crippen LogP contribution in [0.2, 0.25) is 0 Å². The third kappa shape index (κ3) is 3.26. The molecule has 0 saturated carbocycles. The number of furan rings is 1. The van der Waals surface area contributed by atoms with E-state index in [1.54, 1.807) is 18.4 Å². The fourth-order valence-electron chi connectivity index (χ4n) is 1.66. The van der Waals surface area contributed by atoms with Crippen LogP contribution >= 0.6 is 11.6 Å². The molecule has 1 N–H and O–H groups in total. The molecule has 0 fully saturated rings. The largest absolute Gasteiger partial charge is 0.464 e. The van der Waals surface area contributed by atoms with Crippen LogP contribution in [0.4, 0.5) is 0 Å². The maximum atomic E-state index is 11.9. The highest BCUT2D eigenvalue weighted by Gasteiger charge is 2.07. The molecule has 0 aliphatic carbocycles. The standard InChI is InChI=1S/C15H14ClNO2/c1-10(11(2)16)5-7-17-15(18)13-4-3-12-6-8-19-14(12)9-13/h3-4,6,8-9H,1-2,5,7H2,(H,17,18). The molecule has 1 aromatic carbocycles. The predicted octanol–water partition coefficient (Wildman–Crippen LogP) is 3.86. The molecule has 0 atom stereocenters. The van der Waals surface area contributed by atoms with Crippen LogP contribution in [-0.2, 0) is 0 Å². The lowest BCUT2D eigenvalue weighted by atomic mass is 10.1. The van der Waals surface area contributed by atoms with E-state index in [2.05, 4.69) is 18.5 Å². The van der Waals surface area contributed by atoms with E-state index in [4.69, 9.17) is 16.0 Å². The summed E-state index contributed by atoms with van der Waals surface area (Å²) in [6.45, 7) is 7.81. The number of fused-ring (bicyclic) bond motifs is 1. The second-order valence-electron chi connectivity index (χ2n) is 4.19. The van der Waals surface area contributed by atoms with Crippen LogP contribution in [0.5, 0.6) is 0 Å². The van der Waals surface area contributed by atoms with Gasteiger partial charge in [0.1, 0.15) is 5.58 Å². The average Bonchev–Trinajstić information content (AvgIpc) is 2.85. The number of hydrogen-bond donors (Lipinski definition) is 1. The zero-order chi connectivity index (χ0) is 13.8. The van der Waals surface area contributed by atoms with Gasteiger partial charge >= 0.3 is 0 Å². The normalized spacial score (nSPS) is 10.4. The zero-order valence-corrected chi connectivity index (χ0v) is 11.2. The second-order valence-corrected chi connectivity index (χ2v) is 4.64. The van der Waals surface area contributed by atoms with Gasteiger partial charge in [0.05, 0.1) is 6.26 Å². The highest BCUT2D eigenvalue weighted by molar-refractivity contribution is 6.31. The highest BCUT2D eigenvalue weighted by atomic mass is 35.5. The average molecular weight is 276 g/mol. The Morgan fingerprint density at radius 1 is 1.32 bits per heavy atom. The molecule has 1 heterocycles. The van der Waals surface area contributed by atoms with Crippen LogP contribution in [0.25, 0.3) is 11.0 Å². The minimum absolute atomic E-state index is 0.147. The number of benzene rings is 1. The van der Waals surface area contributed by atoms with Crippen molar-refractivity contribution in [1.29, 1.82) is 0 Å². The van der Waals surface area contributed by atoms with Crippen molar-refractivity contribution in [2.45, 2.75) is 6.42 Å². The zero-order valence-electron chi connectivity index (χ0n) is 10.4. The Balaban J connectivity index is 1.96. The van der Waals surface area contributed by atoms with E-state index in [0.29, 0.717) is 29.1 Å². The van der Waals surface area contributed by atoms with Gasteiger partial charge in [0, 0.05) is 22.5 Å². The number of carbonyl (C=O) groups excluding carboxylic acids is 1. The second kappa shape index (κ2) is 5.76. The number of hydrogen-bond acceptors (Lipinski definition) is 2. The fourth-order valence-corrected chi connectivity index (χ4v) is 1.76. The molecule has 0 aliphatic rings. The van der Waals surface area contributed by atoms with Crippen molar-refractivity contribution in [1.82, 2.24) is 5.32 Å². The van der Waals surface area contributed by atoms with Gasteiger partial charge in [-0.3, -0.25) is 4.79 Å². The van der Waals surface area contributed by atoms with Crippen molar-refractivity contribution in [2.75, 3.05) is 6.54 Å². The number of amides is 1. The van der Waals surface area contributed by atoms with Gasteiger partial charge < -0.3 is 9.73 Å². The van der Waals surface area contributed by atoms with E-state index in [-0.39, 0.29) is 5.91 Å². The summed E-state index contributed by atoms with van der Waals surface area (Å²) < 4.78 is 5.26. The first kappa shape index (κ1) is 13.4. The number of halogens is 1. The van der Waals surface area contributed by atoms with Gasteiger partial charge in [-0.05, 0) is 30.2 Å². The van der Waals surface area contributed by atoms with Crippen molar-refractivity contribution in [3.8, 4) is 0 Å². The summed E-state index contributed by atoms with van der Waals surface area (Å²) in [6, 6.07) is 7.20. The number of nitrogens with one attached hydrogen (secondary N) is 1. The summed E-state index contributed by atoms with van der Waals surface area (Å²) in [5.74, 6) is -0.147. The Bertz CT molecular complexity index is 642. The van der Waals surface area contributed by atoms with Gasteiger partial charge in [-0.2, -0.15) is 0 Å². The molecule has 2 aromatic rings. The Morgan fingerprint density at radius 3 is 2.84 bits per heavy atom. The van der Waals surface area contributed by atoms with Crippen LogP contribution in [-0.4, -0.2) is 12.5 Å². The SMILES string of the molecule is C=C(Cl)C(=C)CCNC(=O)c1ccc2ccoc2c1. The summed E-state index contributed by atoms with van der Waals surface area (Å²) >= 11 is 5.69. The molecular weight excluding hydrogens is 262 g/mol. The Hall–Kier alpha value is -2.00. The van der Waals surface area contributed by atoms with Crippen LogP contribution < -0.4 is 5.32 Å². The lowest BCUT2D eigenvalue weighted by molar-refractivity contribution is 0.0954. The number of allylic oxidation sites excluding steroid dienone is 1. The molecule has 98 valence electrons. The first-order chi connectivity index (χ1) is 9.08. The number of rotatable bonds is 5. The van der Waals surface area contributed by atoms with Gasteiger partial charge in [0.2, 0.25) is 0 Å². The maximum Gasteiger partial charge on any atom is 0.251 e. The molecule has 0 saturated heterocycles. The Labute approximate surface area is 116 Å². The van der Waals surface area contributed by atoms with Gasteiger partial charge in [-0.25, -0.2) is 0 Å². The third-order valence-corrected chi connectivity index (χ3v) is 3.08. The summed E-state index contributed by atoms with van der Waals surface area (Å²) in [6.07, 6.45) is 2.18. The first-order valence-corrected chi connectivity index (χ1v) is 6.24. The van der Waals surface area contributed by atoms with Crippen molar-refractivity contribution >= 4 is 28.5 Å². The molecule has 0 unspecified atom stereocenters. The van der Waals surface area contributed by atoms with E-state index < -0.39 is 0 Å². The monoisotopic (exact) mass is 275 g/mol. The molecule has 1 amide bonds. The smallest absolute Gasteiger partial charge is 0.251 e. The van der Waals surface area contributed by atoms with Gasteiger partial charge in [0.25, 0.3) is 5.91 Å². The minimum Gasteiger partial charge on any atom is -0.464 e. The van der Waals surface area contributed by atoms with E-state index in [0.717, 1.165) is 11.0 Å². The Kier molecular flexibility index (Phi) is 4.07. The van der Waals surface area contributed by atoms with E-state index in [1.807, 2.05) is 12.1 Å². The highest BCUT2D eigenvalue weighted by Crippen LogP contribution is 2.17. The maximum absolute atomic E-state index is 11.9. The molecule has 0 aliphatic heterocycles. The van der Waals surface area contributed by atoms with Crippen LogP contribution in [0.15, 0.2) is 58.7 Å². The van der Waals surface area contributed by atoms with Crippen LogP contribution in [0, 0.1) is 0 Å².